The lowest BCUT2D eigenvalue weighted by atomic mass is 9.90. The van der Waals surface area contributed by atoms with Gasteiger partial charge in [0.05, 0.1) is 6.54 Å². The van der Waals surface area contributed by atoms with Gasteiger partial charge in [-0.3, -0.25) is 9.69 Å². The van der Waals surface area contributed by atoms with Gasteiger partial charge in [0.1, 0.15) is 0 Å². The molecule has 0 amide bonds. The molecule has 1 heterocycles. The first-order valence-electron chi connectivity index (χ1n) is 7.37. The zero-order valence-electron chi connectivity index (χ0n) is 11.4. The molecule has 104 valence electrons. The summed E-state index contributed by atoms with van der Waals surface area (Å²) in [6, 6.07) is 1.22. The van der Waals surface area contributed by atoms with Crippen LogP contribution in [0.3, 0.4) is 0 Å². The highest BCUT2D eigenvalue weighted by atomic mass is 16.4. The average molecular weight is 254 g/mol. The molecule has 1 saturated heterocycles. The minimum absolute atomic E-state index is 0.200. The van der Waals surface area contributed by atoms with Crippen LogP contribution in [0.15, 0.2) is 0 Å². The first kappa shape index (κ1) is 13.8. The molecule has 1 aliphatic carbocycles. The Morgan fingerprint density at radius 3 is 2.72 bits per heavy atom. The Balaban J connectivity index is 1.84. The zero-order valence-corrected chi connectivity index (χ0v) is 11.4. The van der Waals surface area contributed by atoms with Gasteiger partial charge in [-0.2, -0.15) is 0 Å². The second-order valence-corrected chi connectivity index (χ2v) is 5.97. The molecule has 18 heavy (non-hydrogen) atoms. The SMILES string of the molecule is CCCCC1CC(NC2CC2)CN(CC(=O)O)C1. The lowest BCUT2D eigenvalue weighted by Crippen LogP contribution is -2.51. The minimum atomic E-state index is -0.698. The number of piperidine rings is 1. The maximum Gasteiger partial charge on any atom is 0.317 e. The lowest BCUT2D eigenvalue weighted by molar-refractivity contribution is -0.138. The molecule has 0 bridgehead atoms. The molecule has 0 radical (unpaired) electrons. The molecule has 2 unspecified atom stereocenters. The summed E-state index contributed by atoms with van der Waals surface area (Å²) in [6.45, 7) is 4.30. The van der Waals surface area contributed by atoms with E-state index in [-0.39, 0.29) is 6.54 Å². The highest BCUT2D eigenvalue weighted by Crippen LogP contribution is 2.26. The van der Waals surface area contributed by atoms with Gasteiger partial charge in [0, 0.05) is 25.2 Å². The van der Waals surface area contributed by atoms with Crippen LogP contribution in [0.1, 0.15) is 45.4 Å². The van der Waals surface area contributed by atoms with Gasteiger partial charge in [0.25, 0.3) is 0 Å². The van der Waals surface area contributed by atoms with Gasteiger partial charge < -0.3 is 10.4 Å². The van der Waals surface area contributed by atoms with E-state index in [0.29, 0.717) is 18.0 Å². The number of carbonyl (C=O) groups is 1. The van der Waals surface area contributed by atoms with Crippen molar-refractivity contribution in [2.24, 2.45) is 5.92 Å². The van der Waals surface area contributed by atoms with Crippen molar-refractivity contribution in [3.8, 4) is 0 Å². The van der Waals surface area contributed by atoms with Gasteiger partial charge in [0.2, 0.25) is 0 Å². The fourth-order valence-corrected chi connectivity index (χ4v) is 3.03. The highest BCUT2D eigenvalue weighted by Gasteiger charge is 2.31. The lowest BCUT2D eigenvalue weighted by Gasteiger charge is -2.37. The van der Waals surface area contributed by atoms with Gasteiger partial charge in [-0.25, -0.2) is 0 Å². The topological polar surface area (TPSA) is 52.6 Å². The Hall–Kier alpha value is -0.610. The number of hydrogen-bond donors (Lipinski definition) is 2. The Labute approximate surface area is 110 Å². The molecule has 0 aromatic carbocycles. The van der Waals surface area contributed by atoms with Crippen molar-refractivity contribution in [1.29, 1.82) is 0 Å². The van der Waals surface area contributed by atoms with Crippen LogP contribution < -0.4 is 5.32 Å². The third kappa shape index (κ3) is 4.58. The monoisotopic (exact) mass is 254 g/mol. The van der Waals surface area contributed by atoms with Gasteiger partial charge in [-0.1, -0.05) is 19.8 Å². The first-order chi connectivity index (χ1) is 8.67. The average Bonchev–Trinajstić information content (AvgIpc) is 3.09. The minimum Gasteiger partial charge on any atom is -0.480 e. The van der Waals surface area contributed by atoms with E-state index in [1.807, 2.05) is 0 Å². The number of carboxylic acid groups (broad SMARTS) is 1. The molecule has 4 heteroatoms. The van der Waals surface area contributed by atoms with Crippen LogP contribution in [0.2, 0.25) is 0 Å². The normalized spacial score (nSPS) is 29.4. The number of aliphatic carboxylic acids is 1. The maximum absolute atomic E-state index is 10.9. The van der Waals surface area contributed by atoms with Crippen molar-refractivity contribution >= 4 is 5.97 Å². The molecule has 0 spiro atoms. The van der Waals surface area contributed by atoms with Gasteiger partial charge >= 0.3 is 5.97 Å². The van der Waals surface area contributed by atoms with Crippen molar-refractivity contribution in [3.63, 3.8) is 0 Å². The molecule has 0 aromatic heterocycles. The molecule has 2 N–H and O–H groups in total. The molecular weight excluding hydrogens is 228 g/mol. The number of hydrogen-bond acceptors (Lipinski definition) is 3. The van der Waals surface area contributed by atoms with Crippen molar-refractivity contribution < 1.29 is 9.90 Å². The van der Waals surface area contributed by atoms with E-state index in [4.69, 9.17) is 5.11 Å². The standard InChI is InChI=1S/C14H26N2O2/c1-2-3-4-11-7-13(15-12-5-6-12)9-16(8-11)10-14(17)18/h11-13,15H,2-10H2,1H3,(H,17,18). The van der Waals surface area contributed by atoms with Gasteiger partial charge in [0.15, 0.2) is 0 Å². The van der Waals surface area contributed by atoms with Crippen LogP contribution in [-0.4, -0.2) is 47.7 Å². The van der Waals surface area contributed by atoms with Gasteiger partial charge in [-0.15, -0.1) is 0 Å². The van der Waals surface area contributed by atoms with E-state index >= 15 is 0 Å². The van der Waals surface area contributed by atoms with Crippen molar-refractivity contribution in [2.45, 2.75) is 57.5 Å². The summed E-state index contributed by atoms with van der Waals surface area (Å²) < 4.78 is 0. The summed E-state index contributed by atoms with van der Waals surface area (Å²) in [7, 11) is 0. The van der Waals surface area contributed by atoms with E-state index in [1.54, 1.807) is 0 Å². The molecule has 1 aliphatic heterocycles. The molecular formula is C14H26N2O2. The van der Waals surface area contributed by atoms with Crippen LogP contribution >= 0.6 is 0 Å². The fraction of sp³-hybridized carbons (Fsp3) is 0.929. The molecule has 4 nitrogen and oxygen atoms in total. The summed E-state index contributed by atoms with van der Waals surface area (Å²) in [6.07, 6.45) is 7.57. The van der Waals surface area contributed by atoms with Crippen LogP contribution in [0.25, 0.3) is 0 Å². The summed E-state index contributed by atoms with van der Waals surface area (Å²) >= 11 is 0. The van der Waals surface area contributed by atoms with Gasteiger partial charge in [-0.05, 0) is 31.6 Å². The Morgan fingerprint density at radius 2 is 2.11 bits per heavy atom. The number of unbranched alkanes of at least 4 members (excludes halogenated alkanes) is 1. The van der Waals surface area contributed by atoms with E-state index in [0.717, 1.165) is 13.1 Å². The number of carboxylic acids is 1. The molecule has 0 aromatic rings. The van der Waals surface area contributed by atoms with E-state index in [2.05, 4.69) is 17.1 Å². The second-order valence-electron chi connectivity index (χ2n) is 5.97. The van der Waals surface area contributed by atoms with Crippen molar-refractivity contribution in [3.05, 3.63) is 0 Å². The summed E-state index contributed by atoms with van der Waals surface area (Å²) in [5.41, 5.74) is 0. The van der Waals surface area contributed by atoms with Crippen molar-refractivity contribution in [1.82, 2.24) is 10.2 Å². The third-order valence-electron chi connectivity index (χ3n) is 3.99. The summed E-state index contributed by atoms with van der Waals surface area (Å²) in [5, 5.41) is 12.6. The Kier molecular flexibility index (Phi) is 5.01. The van der Waals surface area contributed by atoms with Crippen LogP contribution in [0, 0.1) is 5.92 Å². The quantitative estimate of drug-likeness (QED) is 0.726. The molecule has 2 rings (SSSR count). The van der Waals surface area contributed by atoms with E-state index in [1.165, 1.54) is 38.5 Å². The van der Waals surface area contributed by atoms with E-state index < -0.39 is 5.97 Å². The number of likely N-dealkylation sites (tertiary alicyclic amines) is 1. The predicted molar refractivity (Wildman–Crippen MR) is 71.7 cm³/mol. The highest BCUT2D eigenvalue weighted by molar-refractivity contribution is 5.69. The maximum atomic E-state index is 10.9. The number of nitrogens with zero attached hydrogens (tertiary/aromatic N) is 1. The van der Waals surface area contributed by atoms with Crippen LogP contribution in [-0.2, 0) is 4.79 Å². The summed E-state index contributed by atoms with van der Waals surface area (Å²) in [4.78, 5) is 13.0. The molecule has 2 atom stereocenters. The van der Waals surface area contributed by atoms with Crippen LogP contribution in [0.5, 0.6) is 0 Å². The fourth-order valence-electron chi connectivity index (χ4n) is 3.03. The molecule has 2 aliphatic rings. The number of nitrogens with one attached hydrogen (secondary N) is 1. The Bertz CT molecular complexity index is 279. The third-order valence-corrected chi connectivity index (χ3v) is 3.99. The first-order valence-corrected chi connectivity index (χ1v) is 7.37. The van der Waals surface area contributed by atoms with E-state index in [9.17, 15) is 4.79 Å². The number of rotatable bonds is 7. The van der Waals surface area contributed by atoms with Crippen molar-refractivity contribution in [2.75, 3.05) is 19.6 Å². The smallest absolute Gasteiger partial charge is 0.317 e. The van der Waals surface area contributed by atoms with Crippen LogP contribution in [0.4, 0.5) is 0 Å². The predicted octanol–water partition coefficient (Wildman–Crippen LogP) is 1.70. The molecule has 1 saturated carbocycles. The largest absolute Gasteiger partial charge is 0.480 e. The second kappa shape index (κ2) is 6.53. The molecule has 2 fully saturated rings. The Morgan fingerprint density at radius 1 is 1.33 bits per heavy atom. The zero-order chi connectivity index (χ0) is 13.0. The summed E-state index contributed by atoms with van der Waals surface area (Å²) in [5.74, 6) is -0.0226.